The highest BCUT2D eigenvalue weighted by atomic mass is 16.3. The molecular formula is C22H32N4O2. The highest BCUT2D eigenvalue weighted by molar-refractivity contribution is 5.93. The largest absolute Gasteiger partial charge is 0.508 e. The van der Waals surface area contributed by atoms with Crippen molar-refractivity contribution in [1.29, 1.82) is 0 Å². The maximum absolute atomic E-state index is 10.9. The van der Waals surface area contributed by atoms with Crippen LogP contribution in [0.2, 0.25) is 0 Å². The highest BCUT2D eigenvalue weighted by Crippen LogP contribution is 2.29. The van der Waals surface area contributed by atoms with Crippen molar-refractivity contribution in [2.24, 2.45) is 0 Å². The van der Waals surface area contributed by atoms with Crippen molar-refractivity contribution in [3.05, 3.63) is 35.9 Å². The van der Waals surface area contributed by atoms with E-state index in [0.717, 1.165) is 24.1 Å². The number of carbonyl (C=O) groups is 1. The number of aryl methyl sites for hydroxylation is 2. The number of fused-ring (bicyclic) bond motifs is 1. The molecule has 0 atom stereocenters. The van der Waals surface area contributed by atoms with Crippen LogP contribution in [-0.2, 0) is 17.6 Å². The summed E-state index contributed by atoms with van der Waals surface area (Å²) in [6.07, 6.45) is 14.9. The van der Waals surface area contributed by atoms with Gasteiger partial charge in [-0.15, -0.1) is 10.2 Å². The summed E-state index contributed by atoms with van der Waals surface area (Å²) in [6.45, 7) is 2.24. The molecule has 4 rings (SSSR count). The van der Waals surface area contributed by atoms with Crippen molar-refractivity contribution in [1.82, 2.24) is 14.8 Å². The third kappa shape index (κ3) is 5.57. The Balaban J connectivity index is 0.000000167. The molecule has 2 N–H and O–H groups in total. The van der Waals surface area contributed by atoms with Crippen molar-refractivity contribution >= 4 is 11.6 Å². The van der Waals surface area contributed by atoms with Gasteiger partial charge in [0.2, 0.25) is 5.91 Å². The molecule has 1 aromatic heterocycles. The van der Waals surface area contributed by atoms with Crippen molar-refractivity contribution in [2.75, 3.05) is 5.32 Å². The zero-order valence-corrected chi connectivity index (χ0v) is 16.9. The number of phenolic OH excluding ortho intramolecular Hbond substituents is 1. The standard InChI is InChI=1S/C13H23N3.C9H9NO2/c1-2-3-5-10-13-15-14-11-16(13)12-8-6-4-7-9-12;11-7-2-3-8-6(5-7)1-4-9(12)10-8/h11-12H,2-10H2,1H3;2-3,5,11H,1,4H2,(H,10,12). The lowest BCUT2D eigenvalue weighted by molar-refractivity contribution is -0.116. The minimum atomic E-state index is 0.0492. The van der Waals surface area contributed by atoms with Gasteiger partial charge in [-0.05, 0) is 49.4 Å². The number of benzene rings is 1. The molecule has 2 aliphatic rings. The molecule has 28 heavy (non-hydrogen) atoms. The summed E-state index contributed by atoms with van der Waals surface area (Å²) in [5.74, 6) is 1.51. The number of hydrogen-bond donors (Lipinski definition) is 2. The number of nitrogens with zero attached hydrogens (tertiary/aromatic N) is 3. The zero-order chi connectivity index (χ0) is 19.8. The summed E-state index contributed by atoms with van der Waals surface area (Å²) >= 11 is 0. The maximum atomic E-state index is 10.9. The summed E-state index contributed by atoms with van der Waals surface area (Å²) in [5, 5.41) is 20.2. The van der Waals surface area contributed by atoms with Crippen LogP contribution in [0.5, 0.6) is 5.75 Å². The third-order valence-electron chi connectivity index (χ3n) is 5.60. The van der Waals surface area contributed by atoms with Gasteiger partial charge in [-0.25, -0.2) is 0 Å². The summed E-state index contributed by atoms with van der Waals surface area (Å²) in [7, 11) is 0. The van der Waals surface area contributed by atoms with Gasteiger partial charge in [-0.3, -0.25) is 4.79 Å². The Morgan fingerprint density at radius 1 is 1.18 bits per heavy atom. The summed E-state index contributed by atoms with van der Waals surface area (Å²) in [6, 6.07) is 5.67. The number of unbranched alkanes of at least 4 members (excludes halogenated alkanes) is 2. The van der Waals surface area contributed by atoms with Crippen LogP contribution in [0.25, 0.3) is 0 Å². The predicted molar refractivity (Wildman–Crippen MR) is 110 cm³/mol. The first-order valence-corrected chi connectivity index (χ1v) is 10.7. The van der Waals surface area contributed by atoms with E-state index in [-0.39, 0.29) is 11.7 Å². The first kappa shape index (κ1) is 20.4. The van der Waals surface area contributed by atoms with Crippen LogP contribution in [0.4, 0.5) is 5.69 Å². The Labute approximate surface area is 167 Å². The fourth-order valence-corrected chi connectivity index (χ4v) is 4.01. The second-order valence-electron chi connectivity index (χ2n) is 7.79. The number of phenols is 1. The molecule has 1 fully saturated rings. The number of nitrogens with one attached hydrogen (secondary N) is 1. The van der Waals surface area contributed by atoms with E-state index in [4.69, 9.17) is 5.11 Å². The zero-order valence-electron chi connectivity index (χ0n) is 16.9. The Hall–Kier alpha value is -2.37. The average Bonchev–Trinajstić information content (AvgIpc) is 3.18. The Morgan fingerprint density at radius 3 is 2.79 bits per heavy atom. The van der Waals surface area contributed by atoms with Gasteiger partial charge in [0.1, 0.15) is 17.9 Å². The lowest BCUT2D eigenvalue weighted by Gasteiger charge is -2.23. The number of anilines is 1. The molecule has 2 heterocycles. The van der Waals surface area contributed by atoms with Crippen LogP contribution in [0.1, 0.15) is 82.1 Å². The molecule has 1 aliphatic carbocycles. The van der Waals surface area contributed by atoms with Crippen LogP contribution in [-0.4, -0.2) is 25.8 Å². The molecule has 0 saturated heterocycles. The molecule has 6 heteroatoms. The minimum absolute atomic E-state index is 0.0492. The lowest BCUT2D eigenvalue weighted by atomic mass is 9.95. The summed E-state index contributed by atoms with van der Waals surface area (Å²) < 4.78 is 2.34. The van der Waals surface area contributed by atoms with Crippen LogP contribution < -0.4 is 5.32 Å². The fourth-order valence-electron chi connectivity index (χ4n) is 4.01. The van der Waals surface area contributed by atoms with E-state index in [9.17, 15) is 4.79 Å². The Kier molecular flexibility index (Phi) is 7.46. The monoisotopic (exact) mass is 384 g/mol. The third-order valence-corrected chi connectivity index (χ3v) is 5.60. The normalized spacial score (nSPS) is 16.7. The van der Waals surface area contributed by atoms with Crippen LogP contribution >= 0.6 is 0 Å². The van der Waals surface area contributed by atoms with Gasteiger partial charge < -0.3 is 15.0 Å². The average molecular weight is 385 g/mol. The molecule has 2 aromatic rings. The molecule has 0 spiro atoms. The second-order valence-corrected chi connectivity index (χ2v) is 7.79. The van der Waals surface area contributed by atoms with Crippen molar-refractivity contribution in [3.8, 4) is 5.75 Å². The summed E-state index contributed by atoms with van der Waals surface area (Å²) in [5.41, 5.74) is 1.83. The van der Waals surface area contributed by atoms with Crippen LogP contribution in [0, 0.1) is 0 Å². The first-order chi connectivity index (χ1) is 13.7. The van der Waals surface area contributed by atoms with E-state index in [1.165, 1.54) is 57.2 Å². The van der Waals surface area contributed by atoms with E-state index in [0.29, 0.717) is 12.5 Å². The number of amides is 1. The molecular weight excluding hydrogens is 352 g/mol. The quantitative estimate of drug-likeness (QED) is 0.573. The maximum Gasteiger partial charge on any atom is 0.224 e. The van der Waals surface area contributed by atoms with Gasteiger partial charge in [-0.2, -0.15) is 0 Å². The van der Waals surface area contributed by atoms with Gasteiger partial charge in [0, 0.05) is 24.6 Å². The topological polar surface area (TPSA) is 80.0 Å². The number of aromatic nitrogens is 3. The Morgan fingerprint density at radius 2 is 2.00 bits per heavy atom. The van der Waals surface area contributed by atoms with E-state index in [1.807, 2.05) is 6.33 Å². The molecule has 1 aromatic carbocycles. The van der Waals surface area contributed by atoms with E-state index >= 15 is 0 Å². The van der Waals surface area contributed by atoms with Gasteiger partial charge in [0.15, 0.2) is 0 Å². The van der Waals surface area contributed by atoms with E-state index < -0.39 is 0 Å². The molecule has 0 radical (unpaired) electrons. The number of aromatic hydroxyl groups is 1. The molecule has 152 valence electrons. The molecule has 1 saturated carbocycles. The fraction of sp³-hybridized carbons (Fsp3) is 0.591. The lowest BCUT2D eigenvalue weighted by Crippen LogP contribution is -2.18. The van der Waals surface area contributed by atoms with Crippen molar-refractivity contribution in [3.63, 3.8) is 0 Å². The summed E-state index contributed by atoms with van der Waals surface area (Å²) in [4.78, 5) is 10.9. The van der Waals surface area contributed by atoms with Crippen molar-refractivity contribution in [2.45, 2.75) is 83.6 Å². The van der Waals surface area contributed by atoms with Crippen LogP contribution in [0.3, 0.4) is 0 Å². The van der Waals surface area contributed by atoms with E-state index in [2.05, 4.69) is 27.0 Å². The van der Waals surface area contributed by atoms with Crippen molar-refractivity contribution < 1.29 is 9.90 Å². The number of rotatable bonds is 5. The molecule has 0 bridgehead atoms. The van der Waals surface area contributed by atoms with Crippen LogP contribution in [0.15, 0.2) is 24.5 Å². The predicted octanol–water partition coefficient (Wildman–Crippen LogP) is 4.79. The number of hydrogen-bond acceptors (Lipinski definition) is 4. The number of carbonyl (C=O) groups excluding carboxylic acids is 1. The van der Waals surface area contributed by atoms with Gasteiger partial charge in [0.05, 0.1) is 0 Å². The van der Waals surface area contributed by atoms with Gasteiger partial charge in [-0.1, -0.05) is 39.0 Å². The minimum Gasteiger partial charge on any atom is -0.508 e. The van der Waals surface area contributed by atoms with Gasteiger partial charge in [0.25, 0.3) is 0 Å². The second kappa shape index (κ2) is 10.2. The first-order valence-electron chi connectivity index (χ1n) is 10.7. The smallest absolute Gasteiger partial charge is 0.224 e. The highest BCUT2D eigenvalue weighted by Gasteiger charge is 2.18. The van der Waals surface area contributed by atoms with Gasteiger partial charge >= 0.3 is 0 Å². The molecule has 1 aliphatic heterocycles. The Bertz CT molecular complexity index is 766. The SMILES string of the molecule is CCCCCc1nncn1C1CCCCC1.O=C1CCc2cc(O)ccc2N1. The molecule has 0 unspecified atom stereocenters. The van der Waals surface area contributed by atoms with E-state index in [1.54, 1.807) is 18.2 Å². The molecule has 6 nitrogen and oxygen atoms in total. The molecule has 1 amide bonds.